The Morgan fingerprint density at radius 2 is 2.12 bits per heavy atom. The lowest BCUT2D eigenvalue weighted by molar-refractivity contribution is 0.881. The van der Waals surface area contributed by atoms with Crippen molar-refractivity contribution in [3.8, 4) is 17.1 Å². The average molecular weight is 212 g/mol. The van der Waals surface area contributed by atoms with Gasteiger partial charge in [-0.1, -0.05) is 12.1 Å². The van der Waals surface area contributed by atoms with Gasteiger partial charge in [0.15, 0.2) is 0 Å². The van der Waals surface area contributed by atoms with Gasteiger partial charge in [0.2, 0.25) is 5.82 Å². The second-order valence-electron chi connectivity index (χ2n) is 3.22. The Bertz CT molecular complexity index is 516. The quantitative estimate of drug-likeness (QED) is 0.689. The van der Waals surface area contributed by atoms with Gasteiger partial charge in [0.05, 0.1) is 12.0 Å². The summed E-state index contributed by atoms with van der Waals surface area (Å²) in [5.41, 5.74) is 1.88. The van der Waals surface area contributed by atoms with Gasteiger partial charge in [0.1, 0.15) is 0 Å². The van der Waals surface area contributed by atoms with E-state index in [1.165, 1.54) is 0 Å². The van der Waals surface area contributed by atoms with Gasteiger partial charge in [-0.3, -0.25) is 0 Å². The summed E-state index contributed by atoms with van der Waals surface area (Å²) in [7, 11) is 0. The summed E-state index contributed by atoms with van der Waals surface area (Å²) in [4.78, 5) is 4.02. The average Bonchev–Trinajstić information content (AvgIpc) is 3.03. The number of aromatic amines is 1. The second-order valence-corrected chi connectivity index (χ2v) is 3.22. The zero-order valence-corrected chi connectivity index (χ0v) is 8.28. The Morgan fingerprint density at radius 3 is 2.88 bits per heavy atom. The highest BCUT2D eigenvalue weighted by Crippen LogP contribution is 2.22. The number of tetrazole rings is 1. The zero-order chi connectivity index (χ0) is 10.8. The van der Waals surface area contributed by atoms with E-state index in [-0.39, 0.29) is 0 Å². The molecule has 6 heteroatoms. The summed E-state index contributed by atoms with van der Waals surface area (Å²) in [6.45, 7) is 0. The minimum atomic E-state index is 0.573. The fourth-order valence-electron chi connectivity index (χ4n) is 1.57. The molecule has 0 bridgehead atoms. The normalized spacial score (nSPS) is 10.5. The number of H-pyrrole nitrogens is 1. The van der Waals surface area contributed by atoms with Crippen molar-refractivity contribution < 1.29 is 0 Å². The van der Waals surface area contributed by atoms with E-state index in [0.29, 0.717) is 5.82 Å². The van der Waals surface area contributed by atoms with Gasteiger partial charge < -0.3 is 4.57 Å². The number of benzene rings is 1. The monoisotopic (exact) mass is 212 g/mol. The van der Waals surface area contributed by atoms with Crippen molar-refractivity contribution >= 4 is 0 Å². The molecule has 0 unspecified atom stereocenters. The molecule has 78 valence electrons. The molecule has 3 aromatic rings. The number of aromatic nitrogens is 6. The molecule has 2 aromatic heterocycles. The van der Waals surface area contributed by atoms with Crippen LogP contribution in [0.5, 0.6) is 0 Å². The second kappa shape index (κ2) is 3.58. The van der Waals surface area contributed by atoms with Crippen LogP contribution in [0.2, 0.25) is 0 Å². The minimum absolute atomic E-state index is 0.573. The largest absolute Gasteiger partial charge is 0.306 e. The maximum absolute atomic E-state index is 4.02. The lowest BCUT2D eigenvalue weighted by atomic mass is 10.1. The number of para-hydroxylation sites is 1. The third kappa shape index (κ3) is 1.36. The standard InChI is InChI=1S/C10H8N6/c1-2-4-9(16-6-5-11-7-16)8(3-1)10-12-14-15-13-10/h1-7H,(H,12,13,14,15). The van der Waals surface area contributed by atoms with Gasteiger partial charge in [-0.05, 0) is 17.3 Å². The van der Waals surface area contributed by atoms with Gasteiger partial charge in [0, 0.05) is 18.0 Å². The van der Waals surface area contributed by atoms with Crippen molar-refractivity contribution in [3.05, 3.63) is 43.0 Å². The third-order valence-electron chi connectivity index (χ3n) is 2.27. The van der Waals surface area contributed by atoms with Gasteiger partial charge in [-0.25, -0.2) is 4.98 Å². The van der Waals surface area contributed by atoms with E-state index in [0.717, 1.165) is 11.3 Å². The molecule has 0 atom stereocenters. The highest BCUT2D eigenvalue weighted by Gasteiger charge is 2.09. The fourth-order valence-corrected chi connectivity index (χ4v) is 1.57. The van der Waals surface area contributed by atoms with Crippen LogP contribution in [-0.2, 0) is 0 Å². The number of nitrogens with zero attached hydrogens (tertiary/aromatic N) is 5. The van der Waals surface area contributed by atoms with Crippen LogP contribution in [0.3, 0.4) is 0 Å². The maximum atomic E-state index is 4.02. The van der Waals surface area contributed by atoms with Crippen molar-refractivity contribution in [2.75, 3.05) is 0 Å². The molecule has 0 amide bonds. The predicted molar refractivity (Wildman–Crippen MR) is 56.7 cm³/mol. The molecule has 0 aliphatic rings. The number of hydrogen-bond acceptors (Lipinski definition) is 4. The molecular formula is C10H8N6. The van der Waals surface area contributed by atoms with Crippen LogP contribution in [0.4, 0.5) is 0 Å². The Kier molecular flexibility index (Phi) is 1.96. The molecule has 0 saturated heterocycles. The SMILES string of the molecule is c1ccc(-n2ccnc2)c(-c2nn[nH]n2)c1. The molecule has 0 aliphatic carbocycles. The predicted octanol–water partition coefficient (Wildman–Crippen LogP) is 1.05. The Hall–Kier alpha value is -2.50. The van der Waals surface area contributed by atoms with E-state index in [1.54, 1.807) is 12.5 Å². The van der Waals surface area contributed by atoms with Crippen LogP contribution in [0.1, 0.15) is 0 Å². The van der Waals surface area contributed by atoms with E-state index in [1.807, 2.05) is 35.0 Å². The molecular weight excluding hydrogens is 204 g/mol. The lowest BCUT2D eigenvalue weighted by Gasteiger charge is -2.05. The topological polar surface area (TPSA) is 72.3 Å². The Balaban J connectivity index is 2.19. The maximum Gasteiger partial charge on any atom is 0.206 e. The summed E-state index contributed by atoms with van der Waals surface area (Å²) in [5, 5.41) is 14.0. The van der Waals surface area contributed by atoms with Crippen molar-refractivity contribution in [1.82, 2.24) is 30.2 Å². The van der Waals surface area contributed by atoms with Gasteiger partial charge >= 0.3 is 0 Å². The summed E-state index contributed by atoms with van der Waals surface area (Å²) >= 11 is 0. The summed E-state index contributed by atoms with van der Waals surface area (Å²) in [5.74, 6) is 0.573. The molecule has 6 nitrogen and oxygen atoms in total. The van der Waals surface area contributed by atoms with Crippen molar-refractivity contribution in [3.63, 3.8) is 0 Å². The van der Waals surface area contributed by atoms with E-state index in [9.17, 15) is 0 Å². The Labute approximate surface area is 91.0 Å². The van der Waals surface area contributed by atoms with E-state index >= 15 is 0 Å². The van der Waals surface area contributed by atoms with Gasteiger partial charge in [0.25, 0.3) is 0 Å². The van der Waals surface area contributed by atoms with E-state index < -0.39 is 0 Å². The first kappa shape index (κ1) is 8.78. The molecule has 0 radical (unpaired) electrons. The lowest BCUT2D eigenvalue weighted by Crippen LogP contribution is -1.94. The van der Waals surface area contributed by atoms with E-state index in [2.05, 4.69) is 25.6 Å². The molecule has 1 aromatic carbocycles. The first-order valence-corrected chi connectivity index (χ1v) is 4.76. The number of imidazole rings is 1. The fraction of sp³-hybridized carbons (Fsp3) is 0. The van der Waals surface area contributed by atoms with Crippen LogP contribution in [-0.4, -0.2) is 30.2 Å². The van der Waals surface area contributed by atoms with Crippen LogP contribution in [0, 0.1) is 0 Å². The molecule has 1 N–H and O–H groups in total. The number of hydrogen-bond donors (Lipinski definition) is 1. The molecule has 16 heavy (non-hydrogen) atoms. The zero-order valence-electron chi connectivity index (χ0n) is 8.28. The van der Waals surface area contributed by atoms with Crippen LogP contribution in [0.15, 0.2) is 43.0 Å². The summed E-state index contributed by atoms with van der Waals surface area (Å²) in [6.07, 6.45) is 5.34. The van der Waals surface area contributed by atoms with Crippen molar-refractivity contribution in [2.45, 2.75) is 0 Å². The number of rotatable bonds is 2. The van der Waals surface area contributed by atoms with Crippen LogP contribution >= 0.6 is 0 Å². The highest BCUT2D eigenvalue weighted by molar-refractivity contribution is 5.66. The van der Waals surface area contributed by atoms with Gasteiger partial charge in [-0.2, -0.15) is 5.21 Å². The third-order valence-corrected chi connectivity index (χ3v) is 2.27. The molecule has 3 rings (SSSR count). The molecule has 0 saturated carbocycles. The van der Waals surface area contributed by atoms with Crippen molar-refractivity contribution in [2.24, 2.45) is 0 Å². The first-order chi connectivity index (χ1) is 7.95. The summed E-state index contributed by atoms with van der Waals surface area (Å²) < 4.78 is 1.91. The van der Waals surface area contributed by atoms with Gasteiger partial charge in [-0.15, -0.1) is 10.2 Å². The molecule has 0 aliphatic heterocycles. The molecule has 0 fully saturated rings. The highest BCUT2D eigenvalue weighted by atomic mass is 15.5. The van der Waals surface area contributed by atoms with Crippen LogP contribution in [0.25, 0.3) is 17.1 Å². The smallest absolute Gasteiger partial charge is 0.206 e. The minimum Gasteiger partial charge on any atom is -0.306 e. The molecule has 2 heterocycles. The number of nitrogens with one attached hydrogen (secondary N) is 1. The first-order valence-electron chi connectivity index (χ1n) is 4.76. The summed E-state index contributed by atoms with van der Waals surface area (Å²) in [6, 6.07) is 7.82. The van der Waals surface area contributed by atoms with Crippen LogP contribution < -0.4 is 0 Å². The van der Waals surface area contributed by atoms with E-state index in [4.69, 9.17) is 0 Å². The molecule has 0 spiro atoms. The Morgan fingerprint density at radius 1 is 1.19 bits per heavy atom. The van der Waals surface area contributed by atoms with Crippen molar-refractivity contribution in [1.29, 1.82) is 0 Å².